The summed E-state index contributed by atoms with van der Waals surface area (Å²) in [5, 5.41) is 11.8. The molecule has 2 aromatic carbocycles. The zero-order valence-corrected chi connectivity index (χ0v) is 20.8. The van der Waals surface area contributed by atoms with E-state index in [0.717, 1.165) is 36.6 Å². The second kappa shape index (κ2) is 9.80. The Labute approximate surface area is 190 Å². The number of carbonyl (C=O) groups is 1. The van der Waals surface area contributed by atoms with Gasteiger partial charge in [-0.2, -0.15) is 0 Å². The van der Waals surface area contributed by atoms with E-state index >= 15 is 0 Å². The topological polar surface area (TPSA) is 46.5 Å². The van der Waals surface area contributed by atoms with Gasteiger partial charge in [0.25, 0.3) is 8.32 Å². The Morgan fingerprint density at radius 2 is 1.63 bits per heavy atom. The third-order valence-corrected chi connectivity index (χ3v) is 12.7. The van der Waals surface area contributed by atoms with Gasteiger partial charge in [0.2, 0.25) is 0 Å². The van der Waals surface area contributed by atoms with Crippen LogP contribution in [0, 0.1) is 11.8 Å². The van der Waals surface area contributed by atoms with Crippen LogP contribution >= 0.6 is 15.9 Å². The lowest BCUT2D eigenvalue weighted by Gasteiger charge is -2.43. The van der Waals surface area contributed by atoms with E-state index < -0.39 is 14.3 Å². The van der Waals surface area contributed by atoms with Gasteiger partial charge in [-0.05, 0) is 59.5 Å². The fourth-order valence-electron chi connectivity index (χ4n) is 4.87. The van der Waals surface area contributed by atoms with Crippen molar-refractivity contribution in [3.63, 3.8) is 0 Å². The first-order valence-corrected chi connectivity index (χ1v) is 13.6. The molecule has 1 unspecified atom stereocenters. The molecule has 30 heavy (non-hydrogen) atoms. The number of hydrogen-bond donors (Lipinski definition) is 1. The predicted octanol–water partition coefficient (Wildman–Crippen LogP) is 5.61. The molecule has 0 radical (unpaired) electrons. The van der Waals surface area contributed by atoms with Crippen molar-refractivity contribution in [1.29, 1.82) is 0 Å². The molecule has 0 aromatic heterocycles. The van der Waals surface area contributed by atoms with Gasteiger partial charge in [0, 0.05) is 11.1 Å². The fourth-order valence-corrected chi connectivity index (χ4v) is 10.6. The number of benzene rings is 2. The summed E-state index contributed by atoms with van der Waals surface area (Å²) in [5.74, 6) is -0.237. The van der Waals surface area contributed by atoms with Crippen LogP contribution in [0.2, 0.25) is 5.04 Å². The average molecular weight is 490 g/mol. The Morgan fingerprint density at radius 3 is 2.20 bits per heavy atom. The highest BCUT2D eigenvalue weighted by Crippen LogP contribution is 2.39. The third kappa shape index (κ3) is 4.89. The summed E-state index contributed by atoms with van der Waals surface area (Å²) in [6, 6.07) is 19.2. The second-order valence-corrected chi connectivity index (χ2v) is 14.6. The molecule has 1 aliphatic rings. The molecule has 0 spiro atoms. The fraction of sp³-hybridized carbons (Fsp3) is 0.480. The zero-order chi connectivity index (χ0) is 21.8. The lowest BCUT2D eigenvalue weighted by Crippen LogP contribution is -2.67. The van der Waals surface area contributed by atoms with Gasteiger partial charge in [0.15, 0.2) is 0 Å². The summed E-state index contributed by atoms with van der Waals surface area (Å²) < 4.78 is 8.13. The van der Waals surface area contributed by atoms with E-state index in [2.05, 4.69) is 91.3 Å². The molecule has 0 amide bonds. The Bertz CT molecular complexity index is 841. The van der Waals surface area contributed by atoms with E-state index in [1.54, 1.807) is 0 Å². The molecule has 1 fully saturated rings. The maximum absolute atomic E-state index is 11.2. The van der Waals surface area contributed by atoms with Crippen molar-refractivity contribution in [2.45, 2.75) is 57.9 Å². The molecule has 5 heteroatoms. The maximum Gasteiger partial charge on any atom is 0.306 e. The molecule has 1 atom stereocenters. The van der Waals surface area contributed by atoms with Crippen LogP contribution in [-0.2, 0) is 9.22 Å². The number of hydrogen-bond acceptors (Lipinski definition) is 2. The minimum Gasteiger partial charge on any atom is -0.481 e. The molecular weight excluding hydrogens is 456 g/mol. The van der Waals surface area contributed by atoms with Crippen LogP contribution in [0.25, 0.3) is 0 Å². The highest BCUT2D eigenvalue weighted by Gasteiger charge is 2.51. The van der Waals surface area contributed by atoms with Crippen LogP contribution < -0.4 is 10.4 Å². The van der Waals surface area contributed by atoms with E-state index in [9.17, 15) is 9.90 Å². The standard InChI is InChI=1S/C25H33BrO3Si/c1-25(2,3)30(21-9-5-4-6-10-21,23-12-8-7-11-22(23)26)29-18-17-19-13-15-20(16-14-19)24(27)28/h4-12,19-20H,13-18H2,1-3H3,(H,27,28)/t19-,20-,30?. The van der Waals surface area contributed by atoms with Crippen molar-refractivity contribution in [3.8, 4) is 0 Å². The molecule has 0 aliphatic heterocycles. The maximum atomic E-state index is 11.2. The summed E-state index contributed by atoms with van der Waals surface area (Å²) in [6.07, 6.45) is 4.57. The monoisotopic (exact) mass is 488 g/mol. The Morgan fingerprint density at radius 1 is 1.03 bits per heavy atom. The summed E-state index contributed by atoms with van der Waals surface area (Å²) in [7, 11) is -2.55. The predicted molar refractivity (Wildman–Crippen MR) is 129 cm³/mol. The average Bonchev–Trinajstić information content (AvgIpc) is 2.72. The molecule has 0 saturated heterocycles. The largest absolute Gasteiger partial charge is 0.481 e. The number of carboxylic acid groups (broad SMARTS) is 1. The second-order valence-electron chi connectivity index (χ2n) is 9.47. The van der Waals surface area contributed by atoms with Crippen molar-refractivity contribution in [3.05, 3.63) is 59.1 Å². The molecule has 1 saturated carbocycles. The molecule has 0 heterocycles. The molecule has 1 N–H and O–H groups in total. The van der Waals surface area contributed by atoms with E-state index in [0.29, 0.717) is 12.5 Å². The van der Waals surface area contributed by atoms with Crippen LogP contribution in [0.1, 0.15) is 52.9 Å². The summed E-state index contributed by atoms with van der Waals surface area (Å²) in [5.41, 5.74) is 0. The minimum atomic E-state index is -2.55. The number of aliphatic carboxylic acids is 1. The van der Waals surface area contributed by atoms with Crippen LogP contribution in [0.3, 0.4) is 0 Å². The van der Waals surface area contributed by atoms with Gasteiger partial charge in [0.05, 0.1) is 5.92 Å². The first-order chi connectivity index (χ1) is 14.3. The van der Waals surface area contributed by atoms with Crippen molar-refractivity contribution in [1.82, 2.24) is 0 Å². The quantitative estimate of drug-likeness (QED) is 0.515. The van der Waals surface area contributed by atoms with Gasteiger partial charge in [-0.15, -0.1) is 0 Å². The SMILES string of the molecule is CC(C)(C)[Si](OCC[C@H]1CC[C@H](C(=O)O)CC1)(c1ccccc1)c1ccccc1Br. The van der Waals surface area contributed by atoms with E-state index in [4.69, 9.17) is 4.43 Å². The Kier molecular flexibility index (Phi) is 7.59. The van der Waals surface area contributed by atoms with Crippen LogP contribution in [0.4, 0.5) is 0 Å². The van der Waals surface area contributed by atoms with Gasteiger partial charge in [-0.25, -0.2) is 0 Å². The highest BCUT2D eigenvalue weighted by atomic mass is 79.9. The molecule has 1 aliphatic carbocycles. The lowest BCUT2D eigenvalue weighted by atomic mass is 9.81. The molecule has 162 valence electrons. The molecule has 3 nitrogen and oxygen atoms in total. The summed E-state index contributed by atoms with van der Waals surface area (Å²) in [6.45, 7) is 7.60. The van der Waals surface area contributed by atoms with Gasteiger partial charge in [0.1, 0.15) is 0 Å². The smallest absolute Gasteiger partial charge is 0.306 e. The van der Waals surface area contributed by atoms with Gasteiger partial charge < -0.3 is 9.53 Å². The Balaban J connectivity index is 1.86. The lowest BCUT2D eigenvalue weighted by molar-refractivity contribution is -0.143. The third-order valence-electron chi connectivity index (χ3n) is 6.53. The number of halogens is 1. The zero-order valence-electron chi connectivity index (χ0n) is 18.2. The molecule has 0 bridgehead atoms. The van der Waals surface area contributed by atoms with E-state index in [-0.39, 0.29) is 11.0 Å². The van der Waals surface area contributed by atoms with Crippen molar-refractivity contribution in [2.24, 2.45) is 11.8 Å². The van der Waals surface area contributed by atoms with Gasteiger partial charge in [-0.1, -0.05) is 85.2 Å². The molecule has 2 aromatic rings. The summed E-state index contributed by atoms with van der Waals surface area (Å²) >= 11 is 3.81. The molecular formula is C25H33BrO3Si. The first kappa shape index (κ1) is 23.2. The van der Waals surface area contributed by atoms with E-state index in [1.165, 1.54) is 10.4 Å². The van der Waals surface area contributed by atoms with Crippen molar-refractivity contribution >= 4 is 40.6 Å². The Hall–Kier alpha value is -1.43. The normalized spacial score (nSPS) is 21.7. The van der Waals surface area contributed by atoms with Gasteiger partial charge >= 0.3 is 5.97 Å². The van der Waals surface area contributed by atoms with Gasteiger partial charge in [-0.3, -0.25) is 4.79 Å². The number of carboxylic acids is 1. The van der Waals surface area contributed by atoms with Crippen molar-refractivity contribution < 1.29 is 14.3 Å². The van der Waals surface area contributed by atoms with Crippen LogP contribution in [-0.4, -0.2) is 26.0 Å². The molecule has 3 rings (SSSR count). The summed E-state index contributed by atoms with van der Waals surface area (Å²) in [4.78, 5) is 11.2. The van der Waals surface area contributed by atoms with Crippen LogP contribution in [0.15, 0.2) is 59.1 Å². The minimum absolute atomic E-state index is 0.0425. The highest BCUT2D eigenvalue weighted by molar-refractivity contribution is 9.10. The van der Waals surface area contributed by atoms with Crippen molar-refractivity contribution in [2.75, 3.05) is 6.61 Å². The number of rotatable bonds is 7. The van der Waals surface area contributed by atoms with E-state index in [1.807, 2.05) is 0 Å². The first-order valence-electron chi connectivity index (χ1n) is 10.9. The van der Waals surface area contributed by atoms with Crippen LogP contribution in [0.5, 0.6) is 0 Å².